The molecule has 0 spiro atoms. The molecule has 1 N–H and O–H groups in total. The summed E-state index contributed by atoms with van der Waals surface area (Å²) in [6.45, 7) is 0. The number of nitrogens with one attached hydrogen (secondary N) is 1. The lowest BCUT2D eigenvalue weighted by Crippen LogP contribution is -2.22. The zero-order valence-corrected chi connectivity index (χ0v) is 12.7. The highest BCUT2D eigenvalue weighted by atomic mass is 32.2. The van der Waals surface area contributed by atoms with E-state index in [4.69, 9.17) is 0 Å². The predicted molar refractivity (Wildman–Crippen MR) is 88.7 cm³/mol. The van der Waals surface area contributed by atoms with Crippen molar-refractivity contribution in [2.24, 2.45) is 0 Å². The molecule has 0 radical (unpaired) electrons. The van der Waals surface area contributed by atoms with Crippen LogP contribution in [-0.4, -0.2) is 11.2 Å². The van der Waals surface area contributed by atoms with Gasteiger partial charge in [0, 0.05) is 17.0 Å². The first-order chi connectivity index (χ1) is 10.3. The molecule has 0 saturated carbocycles. The van der Waals surface area contributed by atoms with Crippen molar-refractivity contribution in [3.05, 3.63) is 60.2 Å². The summed E-state index contributed by atoms with van der Waals surface area (Å²) < 4.78 is 0. The SMILES string of the molecule is O=C(CCCCc1ccccc1)C1Nc2ccccc2S1. The van der Waals surface area contributed by atoms with Crippen LogP contribution in [0.5, 0.6) is 0 Å². The van der Waals surface area contributed by atoms with Gasteiger partial charge in [-0.15, -0.1) is 0 Å². The van der Waals surface area contributed by atoms with Gasteiger partial charge in [-0.1, -0.05) is 54.2 Å². The van der Waals surface area contributed by atoms with Gasteiger partial charge < -0.3 is 5.32 Å². The molecule has 1 aliphatic heterocycles. The normalized spacial score (nSPS) is 16.3. The van der Waals surface area contributed by atoms with Crippen LogP contribution in [0.2, 0.25) is 0 Å². The van der Waals surface area contributed by atoms with Gasteiger partial charge >= 0.3 is 0 Å². The topological polar surface area (TPSA) is 29.1 Å². The van der Waals surface area contributed by atoms with E-state index in [1.165, 1.54) is 10.5 Å². The van der Waals surface area contributed by atoms with E-state index in [-0.39, 0.29) is 5.37 Å². The van der Waals surface area contributed by atoms with Crippen LogP contribution in [0.25, 0.3) is 0 Å². The molecule has 2 aromatic rings. The first-order valence-electron chi connectivity index (χ1n) is 7.42. The van der Waals surface area contributed by atoms with Crippen molar-refractivity contribution >= 4 is 23.2 Å². The fourth-order valence-corrected chi connectivity index (χ4v) is 3.64. The summed E-state index contributed by atoms with van der Waals surface area (Å²) in [5.41, 5.74) is 2.44. The molecule has 1 atom stereocenters. The number of ketones is 1. The summed E-state index contributed by atoms with van der Waals surface area (Å²) in [7, 11) is 0. The van der Waals surface area contributed by atoms with Crippen LogP contribution in [-0.2, 0) is 11.2 Å². The molecule has 2 nitrogen and oxygen atoms in total. The highest BCUT2D eigenvalue weighted by Crippen LogP contribution is 2.38. The monoisotopic (exact) mass is 297 g/mol. The molecule has 108 valence electrons. The second kappa shape index (κ2) is 6.81. The Morgan fingerprint density at radius 1 is 1.00 bits per heavy atom. The lowest BCUT2D eigenvalue weighted by Gasteiger charge is -2.09. The van der Waals surface area contributed by atoms with E-state index in [1.54, 1.807) is 11.8 Å². The number of Topliss-reactive ketones (excluding diaryl/α,β-unsaturated/α-hetero) is 1. The van der Waals surface area contributed by atoms with Gasteiger partial charge in [-0.05, 0) is 37.0 Å². The number of benzene rings is 2. The first-order valence-corrected chi connectivity index (χ1v) is 8.30. The van der Waals surface area contributed by atoms with Gasteiger partial charge in [-0.3, -0.25) is 4.79 Å². The molecule has 3 rings (SSSR count). The lowest BCUT2D eigenvalue weighted by molar-refractivity contribution is -0.118. The van der Waals surface area contributed by atoms with Crippen LogP contribution >= 0.6 is 11.8 Å². The largest absolute Gasteiger partial charge is 0.366 e. The second-order valence-electron chi connectivity index (χ2n) is 5.30. The van der Waals surface area contributed by atoms with Crippen molar-refractivity contribution in [1.82, 2.24) is 0 Å². The molecule has 1 unspecified atom stereocenters. The third kappa shape index (κ3) is 3.67. The maximum atomic E-state index is 12.2. The minimum Gasteiger partial charge on any atom is -0.366 e. The van der Waals surface area contributed by atoms with E-state index in [0.717, 1.165) is 24.9 Å². The Morgan fingerprint density at radius 2 is 1.76 bits per heavy atom. The van der Waals surface area contributed by atoms with Crippen molar-refractivity contribution < 1.29 is 4.79 Å². The lowest BCUT2D eigenvalue weighted by atomic mass is 10.1. The van der Waals surface area contributed by atoms with Crippen molar-refractivity contribution in [2.75, 3.05) is 5.32 Å². The quantitative estimate of drug-likeness (QED) is 0.795. The third-order valence-electron chi connectivity index (χ3n) is 3.69. The molecule has 0 aromatic heterocycles. The molecule has 0 saturated heterocycles. The van der Waals surface area contributed by atoms with E-state index in [0.29, 0.717) is 12.2 Å². The summed E-state index contributed by atoms with van der Waals surface area (Å²) in [6, 6.07) is 18.6. The van der Waals surface area contributed by atoms with Gasteiger partial charge in [0.1, 0.15) is 5.37 Å². The van der Waals surface area contributed by atoms with Crippen molar-refractivity contribution in [2.45, 2.75) is 36.0 Å². The highest BCUT2D eigenvalue weighted by Gasteiger charge is 2.26. The molecule has 3 heteroatoms. The molecular formula is C18H19NOS. The Hall–Kier alpha value is -1.74. The second-order valence-corrected chi connectivity index (χ2v) is 6.44. The number of hydrogen-bond donors (Lipinski definition) is 1. The molecule has 0 bridgehead atoms. The maximum absolute atomic E-state index is 12.2. The summed E-state index contributed by atoms with van der Waals surface area (Å²) in [5, 5.41) is 3.21. The molecule has 0 fully saturated rings. The fraction of sp³-hybridized carbons (Fsp3) is 0.278. The average molecular weight is 297 g/mol. The van der Waals surface area contributed by atoms with Crippen molar-refractivity contribution in [1.29, 1.82) is 0 Å². The molecule has 0 amide bonds. The van der Waals surface area contributed by atoms with Crippen molar-refractivity contribution in [3.8, 4) is 0 Å². The number of unbranched alkanes of at least 4 members (excludes halogenated alkanes) is 1. The molecule has 0 aliphatic carbocycles. The van der Waals surface area contributed by atoms with Crippen LogP contribution in [0.1, 0.15) is 24.8 Å². The molecular weight excluding hydrogens is 278 g/mol. The van der Waals surface area contributed by atoms with E-state index in [2.05, 4.69) is 35.6 Å². The Kier molecular flexibility index (Phi) is 4.61. The number of carbonyl (C=O) groups excluding carboxylic acids is 1. The van der Waals surface area contributed by atoms with Crippen LogP contribution in [0.3, 0.4) is 0 Å². The fourth-order valence-electron chi connectivity index (χ4n) is 2.54. The van der Waals surface area contributed by atoms with E-state index in [1.807, 2.05) is 24.3 Å². The Bertz CT molecular complexity index is 587. The van der Waals surface area contributed by atoms with Gasteiger partial charge in [0.15, 0.2) is 5.78 Å². The number of fused-ring (bicyclic) bond motifs is 1. The first kappa shape index (κ1) is 14.2. The summed E-state index contributed by atoms with van der Waals surface area (Å²) >= 11 is 1.64. The summed E-state index contributed by atoms with van der Waals surface area (Å²) in [6.07, 6.45) is 3.74. The van der Waals surface area contributed by atoms with Crippen LogP contribution in [0.4, 0.5) is 5.69 Å². The number of hydrogen-bond acceptors (Lipinski definition) is 3. The van der Waals surface area contributed by atoms with Gasteiger partial charge in [-0.25, -0.2) is 0 Å². The van der Waals surface area contributed by atoms with Gasteiger partial charge in [0.2, 0.25) is 0 Å². The minimum absolute atomic E-state index is 0.0980. The number of anilines is 1. The van der Waals surface area contributed by atoms with Crippen LogP contribution in [0.15, 0.2) is 59.5 Å². The Morgan fingerprint density at radius 3 is 2.57 bits per heavy atom. The Labute approximate surface area is 130 Å². The number of thioether (sulfide) groups is 1. The van der Waals surface area contributed by atoms with Gasteiger partial charge in [0.25, 0.3) is 0 Å². The van der Waals surface area contributed by atoms with E-state index >= 15 is 0 Å². The van der Waals surface area contributed by atoms with E-state index < -0.39 is 0 Å². The molecule has 2 aromatic carbocycles. The van der Waals surface area contributed by atoms with Crippen LogP contribution in [0, 0.1) is 0 Å². The van der Waals surface area contributed by atoms with Crippen molar-refractivity contribution in [3.63, 3.8) is 0 Å². The standard InChI is InChI=1S/C18H19NOS/c20-16(12-6-4-10-14-8-2-1-3-9-14)18-19-15-11-5-7-13-17(15)21-18/h1-3,5,7-9,11,13,18-19H,4,6,10,12H2. The van der Waals surface area contributed by atoms with E-state index in [9.17, 15) is 4.79 Å². The molecule has 1 heterocycles. The number of rotatable bonds is 6. The molecule has 1 aliphatic rings. The zero-order valence-electron chi connectivity index (χ0n) is 11.9. The number of aryl methyl sites for hydroxylation is 1. The van der Waals surface area contributed by atoms with Crippen LogP contribution < -0.4 is 5.32 Å². The van der Waals surface area contributed by atoms with Gasteiger partial charge in [0.05, 0.1) is 0 Å². The number of para-hydroxylation sites is 1. The minimum atomic E-state index is -0.0980. The average Bonchev–Trinajstić information content (AvgIpc) is 2.96. The zero-order chi connectivity index (χ0) is 14.5. The van der Waals surface area contributed by atoms with Gasteiger partial charge in [-0.2, -0.15) is 0 Å². The third-order valence-corrected chi connectivity index (χ3v) is 4.92. The summed E-state index contributed by atoms with van der Waals surface area (Å²) in [5.74, 6) is 0.310. The number of carbonyl (C=O) groups is 1. The smallest absolute Gasteiger partial charge is 0.165 e. The maximum Gasteiger partial charge on any atom is 0.165 e. The Balaban J connectivity index is 1.42. The summed E-state index contributed by atoms with van der Waals surface area (Å²) in [4.78, 5) is 13.4. The highest BCUT2D eigenvalue weighted by molar-refractivity contribution is 8.01. The predicted octanol–water partition coefficient (Wildman–Crippen LogP) is 4.51. The molecule has 21 heavy (non-hydrogen) atoms.